The second-order valence-corrected chi connectivity index (χ2v) is 6.85. The van der Waals surface area contributed by atoms with Crippen LogP contribution in [0.2, 0.25) is 0 Å². The number of likely N-dealkylation sites (tertiary alicyclic amines) is 1. The molecule has 0 bridgehead atoms. The van der Waals surface area contributed by atoms with Crippen molar-refractivity contribution in [1.29, 1.82) is 0 Å². The number of nitrogen functional groups attached to an aromatic ring is 1. The van der Waals surface area contributed by atoms with E-state index in [1.807, 2.05) is 5.38 Å². The fourth-order valence-electron chi connectivity index (χ4n) is 2.47. The summed E-state index contributed by atoms with van der Waals surface area (Å²) in [5, 5.41) is 5.83. The summed E-state index contributed by atoms with van der Waals surface area (Å²) >= 11 is 3.19. The summed E-state index contributed by atoms with van der Waals surface area (Å²) in [5.74, 6) is 0. The highest BCUT2D eigenvalue weighted by atomic mass is 32.1. The van der Waals surface area contributed by atoms with Gasteiger partial charge in [0.1, 0.15) is 16.4 Å². The second kappa shape index (κ2) is 5.56. The molecule has 1 fully saturated rings. The second-order valence-electron chi connectivity index (χ2n) is 5.01. The van der Waals surface area contributed by atoms with Gasteiger partial charge in [0.25, 0.3) is 0 Å². The molecule has 4 nitrogen and oxygen atoms in total. The molecule has 2 aromatic rings. The van der Waals surface area contributed by atoms with Crippen molar-refractivity contribution in [2.24, 2.45) is 0 Å². The van der Waals surface area contributed by atoms with Crippen LogP contribution < -0.4 is 5.73 Å². The van der Waals surface area contributed by atoms with Gasteiger partial charge in [0, 0.05) is 16.8 Å². The van der Waals surface area contributed by atoms with Crippen molar-refractivity contribution in [3.05, 3.63) is 15.8 Å². The summed E-state index contributed by atoms with van der Waals surface area (Å²) in [6, 6.07) is 0.677. The number of nitrogens with two attached hydrogens (primary N) is 1. The van der Waals surface area contributed by atoms with Gasteiger partial charge in [-0.05, 0) is 26.3 Å². The van der Waals surface area contributed by atoms with Gasteiger partial charge in [-0.2, -0.15) is 0 Å². The fraction of sp³-hybridized carbons (Fsp3) is 0.538. The number of hydrogen-bond acceptors (Lipinski definition) is 6. The van der Waals surface area contributed by atoms with Crippen molar-refractivity contribution in [3.8, 4) is 11.4 Å². The van der Waals surface area contributed by atoms with Gasteiger partial charge in [-0.15, -0.1) is 22.7 Å². The summed E-state index contributed by atoms with van der Waals surface area (Å²) in [4.78, 5) is 11.5. The van der Waals surface area contributed by atoms with E-state index < -0.39 is 0 Å². The van der Waals surface area contributed by atoms with E-state index in [1.165, 1.54) is 42.2 Å². The first-order valence-corrected chi connectivity index (χ1v) is 8.38. The Bertz CT molecular complexity index is 548. The topological polar surface area (TPSA) is 55.0 Å². The number of nitrogens with zero attached hydrogens (tertiary/aromatic N) is 3. The normalized spacial score (nSPS) is 20.8. The molecule has 3 heterocycles. The van der Waals surface area contributed by atoms with E-state index in [1.54, 1.807) is 11.3 Å². The lowest BCUT2D eigenvalue weighted by Crippen LogP contribution is -2.36. The van der Waals surface area contributed by atoms with Crippen LogP contribution in [0.5, 0.6) is 0 Å². The summed E-state index contributed by atoms with van der Waals surface area (Å²) in [6.07, 6.45) is 3.98. The van der Waals surface area contributed by atoms with Crippen LogP contribution in [-0.2, 0) is 6.54 Å². The molecule has 1 aliphatic rings. The molecule has 6 heteroatoms. The predicted molar refractivity (Wildman–Crippen MR) is 81.4 cm³/mol. The SMILES string of the molecule is CC1CCCCN1Cc1nc(-c2csc(N)n2)cs1. The zero-order chi connectivity index (χ0) is 13.2. The van der Waals surface area contributed by atoms with Crippen molar-refractivity contribution >= 4 is 27.8 Å². The van der Waals surface area contributed by atoms with Crippen LogP contribution >= 0.6 is 22.7 Å². The molecule has 0 radical (unpaired) electrons. The zero-order valence-electron chi connectivity index (χ0n) is 11.0. The first-order chi connectivity index (χ1) is 9.22. The highest BCUT2D eigenvalue weighted by Gasteiger charge is 2.19. The Kier molecular flexibility index (Phi) is 3.81. The van der Waals surface area contributed by atoms with E-state index in [4.69, 9.17) is 5.73 Å². The molecular weight excluding hydrogens is 276 g/mol. The van der Waals surface area contributed by atoms with Crippen molar-refractivity contribution in [3.63, 3.8) is 0 Å². The molecule has 0 amide bonds. The maximum Gasteiger partial charge on any atom is 0.180 e. The van der Waals surface area contributed by atoms with Gasteiger partial charge < -0.3 is 5.73 Å². The highest BCUT2D eigenvalue weighted by Crippen LogP contribution is 2.26. The molecule has 2 aromatic heterocycles. The lowest BCUT2D eigenvalue weighted by atomic mass is 10.0. The first kappa shape index (κ1) is 13.0. The fourth-order valence-corrected chi connectivity index (χ4v) is 3.84. The summed E-state index contributed by atoms with van der Waals surface area (Å²) in [5.41, 5.74) is 7.52. The van der Waals surface area contributed by atoms with Gasteiger partial charge in [0.15, 0.2) is 5.13 Å². The molecule has 19 heavy (non-hydrogen) atoms. The number of thiazole rings is 2. The molecule has 0 aliphatic carbocycles. The Hall–Kier alpha value is -0.980. The van der Waals surface area contributed by atoms with Gasteiger partial charge in [-0.1, -0.05) is 6.42 Å². The Balaban J connectivity index is 1.71. The summed E-state index contributed by atoms with van der Waals surface area (Å²) in [7, 11) is 0. The minimum absolute atomic E-state index is 0.606. The number of aromatic nitrogens is 2. The van der Waals surface area contributed by atoms with Crippen LogP contribution in [0.4, 0.5) is 5.13 Å². The van der Waals surface area contributed by atoms with Gasteiger partial charge in [-0.3, -0.25) is 4.90 Å². The molecule has 2 N–H and O–H groups in total. The molecule has 102 valence electrons. The molecule has 3 rings (SSSR count). The predicted octanol–water partition coefficient (Wildman–Crippen LogP) is 3.22. The Labute approximate surface area is 121 Å². The van der Waals surface area contributed by atoms with E-state index in [0.717, 1.165) is 17.9 Å². The molecule has 1 saturated heterocycles. The van der Waals surface area contributed by atoms with Crippen molar-refractivity contribution in [2.75, 3.05) is 12.3 Å². The standard InChI is InChI=1S/C13H18N4S2/c1-9-4-2-3-5-17(9)6-12-15-10(7-18-12)11-8-19-13(14)16-11/h7-9H,2-6H2,1H3,(H2,14,16). The number of hydrogen-bond donors (Lipinski definition) is 1. The van der Waals surface area contributed by atoms with Gasteiger partial charge >= 0.3 is 0 Å². The molecule has 0 saturated carbocycles. The zero-order valence-corrected chi connectivity index (χ0v) is 12.6. The number of piperidine rings is 1. The molecular formula is C13H18N4S2. The van der Waals surface area contributed by atoms with Crippen LogP contribution in [0.25, 0.3) is 11.4 Å². The molecule has 1 aliphatic heterocycles. The lowest BCUT2D eigenvalue weighted by molar-refractivity contribution is 0.152. The minimum atomic E-state index is 0.606. The van der Waals surface area contributed by atoms with Crippen LogP contribution in [-0.4, -0.2) is 27.5 Å². The van der Waals surface area contributed by atoms with Crippen LogP contribution in [0.1, 0.15) is 31.2 Å². The van der Waals surface area contributed by atoms with E-state index in [-0.39, 0.29) is 0 Å². The lowest BCUT2D eigenvalue weighted by Gasteiger charge is -2.32. The van der Waals surface area contributed by atoms with Gasteiger partial charge in [0.05, 0.1) is 6.54 Å². The van der Waals surface area contributed by atoms with Crippen molar-refractivity contribution < 1.29 is 0 Å². The van der Waals surface area contributed by atoms with Crippen LogP contribution in [0.3, 0.4) is 0 Å². The Morgan fingerprint density at radius 3 is 2.79 bits per heavy atom. The van der Waals surface area contributed by atoms with E-state index in [9.17, 15) is 0 Å². The minimum Gasteiger partial charge on any atom is -0.375 e. The quantitative estimate of drug-likeness (QED) is 0.944. The summed E-state index contributed by atoms with van der Waals surface area (Å²) in [6.45, 7) is 4.47. The van der Waals surface area contributed by atoms with Crippen molar-refractivity contribution in [2.45, 2.75) is 38.8 Å². The average molecular weight is 294 g/mol. The molecule has 1 unspecified atom stereocenters. The van der Waals surface area contributed by atoms with Crippen molar-refractivity contribution in [1.82, 2.24) is 14.9 Å². The molecule has 0 spiro atoms. The largest absolute Gasteiger partial charge is 0.375 e. The maximum absolute atomic E-state index is 5.67. The third-order valence-electron chi connectivity index (χ3n) is 3.62. The molecule has 1 atom stereocenters. The summed E-state index contributed by atoms with van der Waals surface area (Å²) < 4.78 is 0. The van der Waals surface area contributed by atoms with E-state index >= 15 is 0 Å². The van der Waals surface area contributed by atoms with E-state index in [0.29, 0.717) is 11.2 Å². The van der Waals surface area contributed by atoms with Crippen LogP contribution in [0.15, 0.2) is 10.8 Å². The first-order valence-electron chi connectivity index (χ1n) is 6.62. The third-order valence-corrected chi connectivity index (χ3v) is 5.12. The Morgan fingerprint density at radius 1 is 1.26 bits per heavy atom. The smallest absolute Gasteiger partial charge is 0.180 e. The van der Waals surface area contributed by atoms with E-state index in [2.05, 4.69) is 27.2 Å². The Morgan fingerprint density at radius 2 is 2.05 bits per heavy atom. The van der Waals surface area contributed by atoms with Gasteiger partial charge in [-0.25, -0.2) is 9.97 Å². The number of anilines is 1. The average Bonchev–Trinajstić information content (AvgIpc) is 3.01. The third kappa shape index (κ3) is 2.96. The molecule has 0 aromatic carbocycles. The highest BCUT2D eigenvalue weighted by molar-refractivity contribution is 7.14. The number of rotatable bonds is 3. The van der Waals surface area contributed by atoms with Gasteiger partial charge in [0.2, 0.25) is 0 Å². The van der Waals surface area contributed by atoms with Crippen LogP contribution in [0, 0.1) is 0 Å². The monoisotopic (exact) mass is 294 g/mol. The maximum atomic E-state index is 5.67.